The van der Waals surface area contributed by atoms with Crippen molar-refractivity contribution in [2.45, 2.75) is 6.18 Å². The molecule has 10 heteroatoms. The molecule has 2 aromatic heterocycles. The summed E-state index contributed by atoms with van der Waals surface area (Å²) in [4.78, 5) is 17.4. The van der Waals surface area contributed by atoms with Crippen LogP contribution in [0, 0.1) is 11.6 Å². The highest BCUT2D eigenvalue weighted by atomic mass is 32.1. The zero-order valence-electron chi connectivity index (χ0n) is 14.3. The monoisotopic (exact) mass is 423 g/mol. The van der Waals surface area contributed by atoms with Crippen molar-refractivity contribution in [2.24, 2.45) is 0 Å². The number of aromatic nitrogens is 2. The molecular weight excluding hydrogens is 413 g/mol. The molecule has 148 valence electrons. The third-order valence-corrected chi connectivity index (χ3v) is 4.95. The molecule has 1 amide bonds. The van der Waals surface area contributed by atoms with Gasteiger partial charge in [-0.3, -0.25) is 9.20 Å². The molecule has 0 radical (unpaired) electrons. The first-order valence-corrected chi connectivity index (χ1v) is 9.01. The second kappa shape index (κ2) is 6.96. The number of amides is 1. The Balaban J connectivity index is 1.63. The van der Waals surface area contributed by atoms with Crippen molar-refractivity contribution in [2.75, 3.05) is 5.32 Å². The first kappa shape index (κ1) is 19.1. The van der Waals surface area contributed by atoms with Gasteiger partial charge in [0, 0.05) is 22.8 Å². The summed E-state index contributed by atoms with van der Waals surface area (Å²) in [6, 6.07) is 7.87. The molecule has 0 aliphatic rings. The van der Waals surface area contributed by atoms with Gasteiger partial charge in [0.25, 0.3) is 5.91 Å². The molecule has 4 aromatic rings. The van der Waals surface area contributed by atoms with E-state index in [2.05, 4.69) is 10.3 Å². The van der Waals surface area contributed by atoms with Gasteiger partial charge < -0.3 is 5.32 Å². The fourth-order valence-corrected chi connectivity index (χ4v) is 3.58. The molecule has 4 rings (SSSR count). The van der Waals surface area contributed by atoms with E-state index < -0.39 is 29.3 Å². The fourth-order valence-electron chi connectivity index (χ4n) is 2.72. The lowest BCUT2D eigenvalue weighted by atomic mass is 10.1. The second-order valence-electron chi connectivity index (χ2n) is 6.05. The summed E-state index contributed by atoms with van der Waals surface area (Å²) in [6.07, 6.45) is -3.31. The van der Waals surface area contributed by atoms with E-state index >= 15 is 0 Å². The Morgan fingerprint density at radius 2 is 1.79 bits per heavy atom. The first-order valence-electron chi connectivity index (χ1n) is 8.13. The number of nitrogens with zero attached hydrogens (tertiary/aromatic N) is 2. The Hall–Kier alpha value is -3.27. The Labute approximate surface area is 164 Å². The summed E-state index contributed by atoms with van der Waals surface area (Å²) in [6.45, 7) is 0. The van der Waals surface area contributed by atoms with E-state index in [9.17, 15) is 26.7 Å². The summed E-state index contributed by atoms with van der Waals surface area (Å²) >= 11 is 1.16. The predicted molar refractivity (Wildman–Crippen MR) is 97.8 cm³/mol. The molecular formula is C19H10F5N3OS. The number of anilines is 1. The lowest BCUT2D eigenvalue weighted by Crippen LogP contribution is -2.15. The average molecular weight is 423 g/mol. The van der Waals surface area contributed by atoms with Gasteiger partial charge in [-0.15, -0.1) is 11.3 Å². The van der Waals surface area contributed by atoms with Crippen LogP contribution in [0.2, 0.25) is 0 Å². The Morgan fingerprint density at radius 3 is 2.48 bits per heavy atom. The van der Waals surface area contributed by atoms with Gasteiger partial charge in [0.15, 0.2) is 4.96 Å². The van der Waals surface area contributed by atoms with Crippen LogP contribution in [0.5, 0.6) is 0 Å². The van der Waals surface area contributed by atoms with Gasteiger partial charge in [-0.25, -0.2) is 13.8 Å². The maximum Gasteiger partial charge on any atom is 0.419 e. The SMILES string of the molecule is O=C(Nc1ccc(F)c(C(F)(F)F)c1)c1csc2nc(-c3ccc(F)cc3)cn12. The summed E-state index contributed by atoms with van der Waals surface area (Å²) < 4.78 is 66.5. The van der Waals surface area contributed by atoms with E-state index in [1.54, 1.807) is 18.3 Å². The number of hydrogen-bond donors (Lipinski definition) is 1. The fraction of sp³-hybridized carbons (Fsp3) is 0.0526. The average Bonchev–Trinajstić information content (AvgIpc) is 3.23. The maximum atomic E-state index is 13.4. The van der Waals surface area contributed by atoms with Gasteiger partial charge >= 0.3 is 6.18 Å². The zero-order valence-corrected chi connectivity index (χ0v) is 15.1. The Morgan fingerprint density at radius 1 is 1.07 bits per heavy atom. The standard InChI is InChI=1S/C19H10F5N3OS/c20-11-3-1-10(2-4-11)15-8-27-16(9-29-18(27)26-15)17(28)25-12-5-6-14(21)13(7-12)19(22,23)24/h1-9H,(H,25,28). The third-order valence-electron chi connectivity index (χ3n) is 4.11. The minimum absolute atomic E-state index is 0.142. The van der Waals surface area contributed by atoms with E-state index in [1.807, 2.05) is 0 Å². The van der Waals surface area contributed by atoms with Crippen molar-refractivity contribution in [1.29, 1.82) is 0 Å². The molecule has 0 saturated heterocycles. The van der Waals surface area contributed by atoms with Crippen molar-refractivity contribution in [3.8, 4) is 11.3 Å². The van der Waals surface area contributed by atoms with Gasteiger partial charge in [0.2, 0.25) is 0 Å². The van der Waals surface area contributed by atoms with E-state index in [0.29, 0.717) is 28.4 Å². The Bertz CT molecular complexity index is 1210. The molecule has 2 heterocycles. The number of hydrogen-bond acceptors (Lipinski definition) is 3. The van der Waals surface area contributed by atoms with Gasteiger partial charge in [0.05, 0.1) is 11.3 Å². The number of fused-ring (bicyclic) bond motifs is 1. The normalized spacial score (nSPS) is 11.8. The molecule has 0 saturated carbocycles. The van der Waals surface area contributed by atoms with Crippen molar-refractivity contribution in [3.05, 3.63) is 76.9 Å². The van der Waals surface area contributed by atoms with E-state index in [0.717, 1.165) is 17.4 Å². The highest BCUT2D eigenvalue weighted by Crippen LogP contribution is 2.33. The summed E-state index contributed by atoms with van der Waals surface area (Å²) in [5, 5.41) is 3.84. The quantitative estimate of drug-likeness (QED) is 0.435. The zero-order chi connectivity index (χ0) is 20.8. The summed E-state index contributed by atoms with van der Waals surface area (Å²) in [7, 11) is 0. The van der Waals surface area contributed by atoms with Crippen LogP contribution >= 0.6 is 11.3 Å². The number of carbonyl (C=O) groups is 1. The molecule has 29 heavy (non-hydrogen) atoms. The van der Waals surface area contributed by atoms with E-state index in [1.165, 1.54) is 21.9 Å². The number of halogens is 5. The molecule has 0 aliphatic carbocycles. The van der Waals surface area contributed by atoms with Crippen LogP contribution in [0.15, 0.2) is 54.0 Å². The maximum absolute atomic E-state index is 13.4. The molecule has 0 unspecified atom stereocenters. The molecule has 0 bridgehead atoms. The largest absolute Gasteiger partial charge is 0.419 e. The molecule has 0 fully saturated rings. The van der Waals surface area contributed by atoms with Crippen LogP contribution in [-0.2, 0) is 6.18 Å². The van der Waals surface area contributed by atoms with Gasteiger partial charge in [0.1, 0.15) is 17.3 Å². The minimum atomic E-state index is -4.88. The van der Waals surface area contributed by atoms with E-state index in [-0.39, 0.29) is 11.4 Å². The molecule has 1 N–H and O–H groups in total. The molecule has 0 atom stereocenters. The van der Waals surface area contributed by atoms with Crippen LogP contribution in [0.25, 0.3) is 16.2 Å². The molecule has 4 nitrogen and oxygen atoms in total. The van der Waals surface area contributed by atoms with Crippen LogP contribution in [-0.4, -0.2) is 15.3 Å². The number of alkyl halides is 3. The number of nitrogens with one attached hydrogen (secondary N) is 1. The van der Waals surface area contributed by atoms with Crippen molar-refractivity contribution in [3.63, 3.8) is 0 Å². The third kappa shape index (κ3) is 3.70. The molecule has 0 aliphatic heterocycles. The number of benzene rings is 2. The number of thiazole rings is 1. The lowest BCUT2D eigenvalue weighted by Gasteiger charge is -2.10. The van der Waals surface area contributed by atoms with E-state index in [4.69, 9.17) is 0 Å². The number of carbonyl (C=O) groups excluding carboxylic acids is 1. The highest BCUT2D eigenvalue weighted by Gasteiger charge is 2.34. The molecule has 0 spiro atoms. The van der Waals surface area contributed by atoms with Crippen LogP contribution in [0.1, 0.15) is 16.1 Å². The topological polar surface area (TPSA) is 46.4 Å². The van der Waals surface area contributed by atoms with Crippen LogP contribution in [0.4, 0.5) is 27.6 Å². The highest BCUT2D eigenvalue weighted by molar-refractivity contribution is 7.15. The van der Waals surface area contributed by atoms with Crippen molar-refractivity contribution < 1.29 is 26.7 Å². The smallest absolute Gasteiger partial charge is 0.321 e. The predicted octanol–water partition coefficient (Wildman–Crippen LogP) is 5.61. The number of rotatable bonds is 3. The lowest BCUT2D eigenvalue weighted by molar-refractivity contribution is -0.139. The van der Waals surface area contributed by atoms with Gasteiger partial charge in [-0.1, -0.05) is 0 Å². The molecule has 2 aromatic carbocycles. The van der Waals surface area contributed by atoms with Crippen LogP contribution in [0.3, 0.4) is 0 Å². The first-order chi connectivity index (χ1) is 13.7. The van der Waals surface area contributed by atoms with Gasteiger partial charge in [-0.2, -0.15) is 13.2 Å². The van der Waals surface area contributed by atoms with Crippen molar-refractivity contribution >= 4 is 27.9 Å². The second-order valence-corrected chi connectivity index (χ2v) is 6.89. The van der Waals surface area contributed by atoms with Crippen LogP contribution < -0.4 is 5.32 Å². The number of imidazole rings is 1. The summed E-state index contributed by atoms with van der Waals surface area (Å²) in [5.41, 5.74) is -0.369. The van der Waals surface area contributed by atoms with Crippen molar-refractivity contribution in [1.82, 2.24) is 9.38 Å². The summed E-state index contributed by atoms with van der Waals surface area (Å²) in [5.74, 6) is -2.50. The minimum Gasteiger partial charge on any atom is -0.321 e. The Kier molecular flexibility index (Phi) is 4.58. The van der Waals surface area contributed by atoms with Gasteiger partial charge in [-0.05, 0) is 42.5 Å².